The summed E-state index contributed by atoms with van der Waals surface area (Å²) >= 11 is 1.63. The Morgan fingerprint density at radius 3 is 2.87 bits per heavy atom. The molecule has 0 bridgehead atoms. The van der Waals surface area contributed by atoms with Crippen molar-refractivity contribution in [2.45, 2.75) is 31.1 Å². The Morgan fingerprint density at radius 1 is 1.73 bits per heavy atom. The molecule has 4 nitrogen and oxygen atoms in total. The molecule has 1 aliphatic rings. The smallest absolute Gasteiger partial charge is 0.321 e. The average molecular weight is 233 g/mol. The first-order valence-corrected chi connectivity index (χ1v) is 6.12. The maximum Gasteiger partial charge on any atom is 0.321 e. The highest BCUT2D eigenvalue weighted by molar-refractivity contribution is 8.00. The summed E-state index contributed by atoms with van der Waals surface area (Å²) in [5.41, 5.74) is 5.63. The van der Waals surface area contributed by atoms with Crippen LogP contribution < -0.4 is 5.73 Å². The molecular formula is C10H19NO3S. The second kappa shape index (κ2) is 5.18. The van der Waals surface area contributed by atoms with E-state index >= 15 is 0 Å². The second-order valence-electron chi connectivity index (χ2n) is 4.46. The van der Waals surface area contributed by atoms with Gasteiger partial charge >= 0.3 is 5.97 Å². The van der Waals surface area contributed by atoms with Crippen molar-refractivity contribution in [2.24, 2.45) is 11.7 Å². The van der Waals surface area contributed by atoms with Crippen LogP contribution in [0.4, 0.5) is 0 Å². The predicted octanol–water partition coefficient (Wildman–Crippen LogP) is 0.947. The molecule has 1 saturated heterocycles. The monoisotopic (exact) mass is 233 g/mol. The maximum absolute atomic E-state index is 10.8. The number of ether oxygens (including phenoxy) is 1. The van der Waals surface area contributed by atoms with Crippen molar-refractivity contribution in [2.75, 3.05) is 19.0 Å². The molecule has 1 fully saturated rings. The summed E-state index contributed by atoms with van der Waals surface area (Å²) in [6.45, 7) is 5.39. The van der Waals surface area contributed by atoms with Gasteiger partial charge in [-0.05, 0) is 31.9 Å². The lowest BCUT2D eigenvalue weighted by Gasteiger charge is -2.28. The number of thioether (sulfide) groups is 1. The fourth-order valence-electron chi connectivity index (χ4n) is 1.43. The van der Waals surface area contributed by atoms with E-state index in [1.807, 2.05) is 13.8 Å². The van der Waals surface area contributed by atoms with Crippen LogP contribution in [-0.2, 0) is 9.53 Å². The molecule has 1 aliphatic heterocycles. The van der Waals surface area contributed by atoms with E-state index in [4.69, 9.17) is 15.6 Å². The van der Waals surface area contributed by atoms with E-state index in [1.165, 1.54) is 0 Å². The SMILES string of the molecule is CC(C)(SCC1CCOC1)[C@H](N)C(=O)O. The summed E-state index contributed by atoms with van der Waals surface area (Å²) in [7, 11) is 0. The van der Waals surface area contributed by atoms with Gasteiger partial charge in [0.1, 0.15) is 6.04 Å². The Balaban J connectivity index is 2.37. The quantitative estimate of drug-likeness (QED) is 0.739. The van der Waals surface area contributed by atoms with E-state index in [0.29, 0.717) is 5.92 Å². The molecule has 0 spiro atoms. The molecule has 0 aromatic heterocycles. The number of carboxylic acids is 1. The maximum atomic E-state index is 10.8. The van der Waals surface area contributed by atoms with Crippen LogP contribution in [0.5, 0.6) is 0 Å². The normalized spacial score (nSPS) is 24.1. The molecule has 0 aliphatic carbocycles. The lowest BCUT2D eigenvalue weighted by atomic mass is 10.1. The number of carboxylic acid groups (broad SMARTS) is 1. The van der Waals surface area contributed by atoms with Crippen LogP contribution in [0, 0.1) is 5.92 Å². The summed E-state index contributed by atoms with van der Waals surface area (Å²) in [5, 5.41) is 8.85. The molecule has 0 amide bonds. The Hall–Kier alpha value is -0.260. The number of hydrogen-bond acceptors (Lipinski definition) is 4. The fourth-order valence-corrected chi connectivity index (χ4v) is 2.64. The minimum absolute atomic E-state index is 0.422. The predicted molar refractivity (Wildman–Crippen MR) is 61.1 cm³/mol. The number of rotatable bonds is 5. The molecule has 3 N–H and O–H groups in total. The van der Waals surface area contributed by atoms with E-state index in [-0.39, 0.29) is 0 Å². The average Bonchev–Trinajstić information content (AvgIpc) is 2.66. The fraction of sp³-hybridized carbons (Fsp3) is 0.900. The van der Waals surface area contributed by atoms with Crippen molar-refractivity contribution in [3.63, 3.8) is 0 Å². The minimum atomic E-state index is -0.935. The van der Waals surface area contributed by atoms with Gasteiger partial charge < -0.3 is 15.6 Å². The Kier molecular flexibility index (Phi) is 4.43. The van der Waals surface area contributed by atoms with Crippen LogP contribution in [0.15, 0.2) is 0 Å². The molecule has 88 valence electrons. The van der Waals surface area contributed by atoms with E-state index in [0.717, 1.165) is 25.4 Å². The molecule has 15 heavy (non-hydrogen) atoms. The van der Waals surface area contributed by atoms with Crippen LogP contribution in [0.2, 0.25) is 0 Å². The van der Waals surface area contributed by atoms with Gasteiger partial charge in [-0.25, -0.2) is 0 Å². The van der Waals surface area contributed by atoms with Gasteiger partial charge in [0.15, 0.2) is 0 Å². The third kappa shape index (κ3) is 3.66. The number of carbonyl (C=O) groups is 1. The number of nitrogens with two attached hydrogens (primary N) is 1. The summed E-state index contributed by atoms with van der Waals surface area (Å²) in [6.07, 6.45) is 1.07. The van der Waals surface area contributed by atoms with Gasteiger partial charge in [-0.15, -0.1) is 0 Å². The third-order valence-electron chi connectivity index (χ3n) is 2.73. The van der Waals surface area contributed by atoms with Crippen molar-refractivity contribution in [3.05, 3.63) is 0 Å². The van der Waals surface area contributed by atoms with E-state index in [1.54, 1.807) is 11.8 Å². The number of hydrogen-bond donors (Lipinski definition) is 2. The summed E-state index contributed by atoms with van der Waals surface area (Å²) in [4.78, 5) is 10.8. The molecule has 0 aromatic carbocycles. The summed E-state index contributed by atoms with van der Waals surface area (Å²) in [6, 6.07) is -0.815. The minimum Gasteiger partial charge on any atom is -0.480 e. The first-order valence-electron chi connectivity index (χ1n) is 5.13. The highest BCUT2D eigenvalue weighted by Crippen LogP contribution is 2.31. The topological polar surface area (TPSA) is 72.5 Å². The van der Waals surface area contributed by atoms with E-state index in [9.17, 15) is 4.79 Å². The van der Waals surface area contributed by atoms with Gasteiger partial charge in [0.05, 0.1) is 6.61 Å². The van der Waals surface area contributed by atoms with Gasteiger partial charge in [-0.2, -0.15) is 11.8 Å². The zero-order chi connectivity index (χ0) is 11.5. The molecule has 0 aromatic rings. The summed E-state index contributed by atoms with van der Waals surface area (Å²) < 4.78 is 4.85. The van der Waals surface area contributed by atoms with Crippen molar-refractivity contribution >= 4 is 17.7 Å². The zero-order valence-corrected chi connectivity index (χ0v) is 10.0. The molecule has 1 rings (SSSR count). The van der Waals surface area contributed by atoms with E-state index < -0.39 is 16.8 Å². The van der Waals surface area contributed by atoms with Gasteiger partial charge in [-0.1, -0.05) is 0 Å². The molecule has 0 saturated carbocycles. The number of aliphatic carboxylic acids is 1. The Morgan fingerprint density at radius 2 is 2.40 bits per heavy atom. The van der Waals surface area contributed by atoms with Crippen LogP contribution in [0.25, 0.3) is 0 Å². The zero-order valence-electron chi connectivity index (χ0n) is 9.23. The van der Waals surface area contributed by atoms with Crippen LogP contribution >= 0.6 is 11.8 Å². The second-order valence-corrected chi connectivity index (χ2v) is 6.13. The first kappa shape index (κ1) is 12.8. The lowest BCUT2D eigenvalue weighted by molar-refractivity contribution is -0.139. The molecular weight excluding hydrogens is 214 g/mol. The molecule has 2 atom stereocenters. The van der Waals surface area contributed by atoms with Crippen molar-refractivity contribution in [1.82, 2.24) is 0 Å². The van der Waals surface area contributed by atoms with Crippen molar-refractivity contribution in [3.8, 4) is 0 Å². The van der Waals surface area contributed by atoms with E-state index in [2.05, 4.69) is 0 Å². The van der Waals surface area contributed by atoms with Crippen LogP contribution in [0.3, 0.4) is 0 Å². The highest BCUT2D eigenvalue weighted by atomic mass is 32.2. The van der Waals surface area contributed by atoms with Gasteiger partial charge in [0.2, 0.25) is 0 Å². The van der Waals surface area contributed by atoms with Crippen molar-refractivity contribution in [1.29, 1.82) is 0 Å². The molecule has 0 radical (unpaired) electrons. The van der Waals surface area contributed by atoms with Crippen LogP contribution in [0.1, 0.15) is 20.3 Å². The third-order valence-corrected chi connectivity index (χ3v) is 4.37. The Labute approximate surface area is 94.6 Å². The molecule has 1 unspecified atom stereocenters. The van der Waals surface area contributed by atoms with Gasteiger partial charge in [0.25, 0.3) is 0 Å². The van der Waals surface area contributed by atoms with Gasteiger partial charge in [0, 0.05) is 11.4 Å². The van der Waals surface area contributed by atoms with Gasteiger partial charge in [-0.3, -0.25) is 4.79 Å². The Bertz CT molecular complexity index is 227. The van der Waals surface area contributed by atoms with Crippen molar-refractivity contribution < 1.29 is 14.6 Å². The van der Waals surface area contributed by atoms with Crippen LogP contribution in [-0.4, -0.2) is 40.8 Å². The highest BCUT2D eigenvalue weighted by Gasteiger charge is 2.33. The standard InChI is InChI=1S/C10H19NO3S/c1-10(2,8(11)9(12)13)15-6-7-3-4-14-5-7/h7-8H,3-6,11H2,1-2H3,(H,12,13)/t7?,8-/m1/s1. The molecule has 1 heterocycles. The lowest BCUT2D eigenvalue weighted by Crippen LogP contribution is -2.47. The first-order chi connectivity index (χ1) is 6.93. The summed E-state index contributed by atoms with van der Waals surface area (Å²) in [5.74, 6) is 0.541. The molecule has 5 heteroatoms. The largest absolute Gasteiger partial charge is 0.480 e.